The van der Waals surface area contributed by atoms with Crippen molar-refractivity contribution in [3.05, 3.63) is 112 Å². The molecule has 7 heteroatoms. The van der Waals surface area contributed by atoms with Crippen molar-refractivity contribution in [2.75, 3.05) is 33.4 Å². The SMILES string of the molecule is CN(Cc1cccc2cc(CN3CCOCC3)ccc12)C(=O)c1ccc(-c2ccc([N+](=O)[O-])cc2)cc1. The van der Waals surface area contributed by atoms with Gasteiger partial charge in [-0.3, -0.25) is 19.8 Å². The van der Waals surface area contributed by atoms with E-state index >= 15 is 0 Å². The molecule has 1 saturated heterocycles. The smallest absolute Gasteiger partial charge is 0.269 e. The highest BCUT2D eigenvalue weighted by Gasteiger charge is 2.15. The third-order valence-corrected chi connectivity index (χ3v) is 6.84. The maximum Gasteiger partial charge on any atom is 0.269 e. The normalized spacial score (nSPS) is 14.0. The van der Waals surface area contributed by atoms with Crippen LogP contribution in [0.3, 0.4) is 0 Å². The minimum absolute atomic E-state index is 0.0546. The summed E-state index contributed by atoms with van der Waals surface area (Å²) in [5, 5.41) is 13.2. The Morgan fingerprint density at radius 2 is 1.62 bits per heavy atom. The molecule has 1 fully saturated rings. The molecule has 0 radical (unpaired) electrons. The number of morpholine rings is 1. The summed E-state index contributed by atoms with van der Waals surface area (Å²) >= 11 is 0. The first kappa shape index (κ1) is 24.6. The molecule has 0 aromatic heterocycles. The summed E-state index contributed by atoms with van der Waals surface area (Å²) in [4.78, 5) is 27.8. The van der Waals surface area contributed by atoms with Crippen molar-refractivity contribution >= 4 is 22.4 Å². The van der Waals surface area contributed by atoms with Gasteiger partial charge in [0.25, 0.3) is 11.6 Å². The zero-order valence-corrected chi connectivity index (χ0v) is 20.8. The number of hydrogen-bond acceptors (Lipinski definition) is 5. The number of fused-ring (bicyclic) bond motifs is 1. The van der Waals surface area contributed by atoms with Gasteiger partial charge in [-0.2, -0.15) is 0 Å². The zero-order chi connectivity index (χ0) is 25.8. The van der Waals surface area contributed by atoms with Gasteiger partial charge in [0.15, 0.2) is 0 Å². The highest BCUT2D eigenvalue weighted by molar-refractivity contribution is 5.95. The molecule has 0 bridgehead atoms. The molecule has 0 spiro atoms. The number of carbonyl (C=O) groups is 1. The van der Waals surface area contributed by atoms with Crippen molar-refractivity contribution in [3.63, 3.8) is 0 Å². The minimum Gasteiger partial charge on any atom is -0.379 e. The van der Waals surface area contributed by atoms with E-state index in [2.05, 4.69) is 35.2 Å². The standard InChI is InChI=1S/C30H29N3O4/c1-31(30(34)25-8-6-23(7-9-25)24-10-12-28(13-11-24)33(35)36)21-27-4-2-3-26-19-22(5-14-29(26)27)20-32-15-17-37-18-16-32/h2-14,19H,15-18,20-21H2,1H3. The number of nitrogens with zero attached hydrogens (tertiary/aromatic N) is 3. The van der Waals surface area contributed by atoms with Gasteiger partial charge in [-0.1, -0.05) is 42.5 Å². The summed E-state index contributed by atoms with van der Waals surface area (Å²) in [7, 11) is 1.82. The van der Waals surface area contributed by atoms with Crippen molar-refractivity contribution in [2.45, 2.75) is 13.1 Å². The summed E-state index contributed by atoms with van der Waals surface area (Å²) in [6, 6.07) is 26.6. The van der Waals surface area contributed by atoms with Crippen molar-refractivity contribution in [1.82, 2.24) is 9.80 Å². The first-order valence-corrected chi connectivity index (χ1v) is 12.4. The largest absolute Gasteiger partial charge is 0.379 e. The Kier molecular flexibility index (Phi) is 7.25. The molecule has 1 heterocycles. The molecule has 7 nitrogen and oxygen atoms in total. The van der Waals surface area contributed by atoms with Gasteiger partial charge in [-0.25, -0.2) is 0 Å². The monoisotopic (exact) mass is 495 g/mol. The van der Waals surface area contributed by atoms with Crippen LogP contribution in [0.15, 0.2) is 84.9 Å². The molecule has 1 aliphatic rings. The number of nitro groups is 1. The topological polar surface area (TPSA) is 75.9 Å². The van der Waals surface area contributed by atoms with Crippen LogP contribution >= 0.6 is 0 Å². The van der Waals surface area contributed by atoms with Gasteiger partial charge in [0.1, 0.15) is 0 Å². The van der Waals surface area contributed by atoms with Crippen LogP contribution < -0.4 is 0 Å². The molecular weight excluding hydrogens is 466 g/mol. The molecule has 4 aromatic carbocycles. The van der Waals surface area contributed by atoms with Gasteiger partial charge in [0, 0.05) is 50.9 Å². The fourth-order valence-electron chi connectivity index (χ4n) is 4.78. The van der Waals surface area contributed by atoms with Gasteiger partial charge >= 0.3 is 0 Å². The highest BCUT2D eigenvalue weighted by atomic mass is 16.6. The van der Waals surface area contributed by atoms with Gasteiger partial charge in [0.2, 0.25) is 0 Å². The van der Waals surface area contributed by atoms with E-state index in [-0.39, 0.29) is 11.6 Å². The van der Waals surface area contributed by atoms with Crippen molar-refractivity contribution < 1.29 is 14.5 Å². The lowest BCUT2D eigenvalue weighted by atomic mass is 10.0. The fourth-order valence-corrected chi connectivity index (χ4v) is 4.78. The lowest BCUT2D eigenvalue weighted by Gasteiger charge is -2.26. The number of amides is 1. The second-order valence-electron chi connectivity index (χ2n) is 9.40. The quantitative estimate of drug-likeness (QED) is 0.249. The van der Waals surface area contributed by atoms with Crippen molar-refractivity contribution in [3.8, 4) is 11.1 Å². The van der Waals surface area contributed by atoms with Crippen LogP contribution in [-0.4, -0.2) is 54.0 Å². The molecular formula is C30H29N3O4. The Balaban J connectivity index is 1.27. The summed E-state index contributed by atoms with van der Waals surface area (Å²) < 4.78 is 5.45. The third-order valence-electron chi connectivity index (χ3n) is 6.84. The maximum absolute atomic E-state index is 13.2. The third kappa shape index (κ3) is 5.69. The van der Waals surface area contributed by atoms with Crippen LogP contribution in [0.5, 0.6) is 0 Å². The predicted octanol–water partition coefficient (Wildman–Crippen LogP) is 5.52. The molecule has 4 aromatic rings. The van der Waals surface area contributed by atoms with Crippen molar-refractivity contribution in [2.24, 2.45) is 0 Å². The molecule has 0 aliphatic carbocycles. The Morgan fingerprint density at radius 1 is 0.946 bits per heavy atom. The first-order chi connectivity index (χ1) is 18.0. The maximum atomic E-state index is 13.2. The van der Waals surface area contributed by atoms with E-state index in [4.69, 9.17) is 4.74 Å². The lowest BCUT2D eigenvalue weighted by Crippen LogP contribution is -2.35. The summed E-state index contributed by atoms with van der Waals surface area (Å²) in [6.45, 7) is 4.91. The van der Waals surface area contributed by atoms with E-state index in [1.165, 1.54) is 23.1 Å². The second-order valence-corrected chi connectivity index (χ2v) is 9.40. The molecule has 0 saturated carbocycles. The average Bonchev–Trinajstić information content (AvgIpc) is 2.93. The predicted molar refractivity (Wildman–Crippen MR) is 144 cm³/mol. The molecule has 0 atom stereocenters. The number of nitro benzene ring substituents is 1. The number of benzene rings is 4. The first-order valence-electron chi connectivity index (χ1n) is 12.4. The number of ether oxygens (including phenoxy) is 1. The van der Waals surface area contributed by atoms with E-state index in [1.54, 1.807) is 29.2 Å². The molecule has 0 unspecified atom stereocenters. The van der Waals surface area contributed by atoms with E-state index < -0.39 is 4.92 Å². The Labute approximate surface area is 216 Å². The summed E-state index contributed by atoms with van der Waals surface area (Å²) in [6.07, 6.45) is 0. The van der Waals surface area contributed by atoms with Crippen LogP contribution in [-0.2, 0) is 17.8 Å². The number of hydrogen-bond donors (Lipinski definition) is 0. The molecule has 1 amide bonds. The average molecular weight is 496 g/mol. The number of carbonyl (C=O) groups excluding carboxylic acids is 1. The van der Waals surface area contributed by atoms with Gasteiger partial charge in [0.05, 0.1) is 18.1 Å². The molecule has 5 rings (SSSR count). The molecule has 188 valence electrons. The van der Waals surface area contributed by atoms with E-state index in [0.717, 1.165) is 54.9 Å². The van der Waals surface area contributed by atoms with E-state index in [0.29, 0.717) is 12.1 Å². The Hall–Kier alpha value is -4.07. The Bertz CT molecular complexity index is 1410. The summed E-state index contributed by atoms with van der Waals surface area (Å²) in [5.41, 5.74) is 4.80. The van der Waals surface area contributed by atoms with Crippen LogP contribution in [0.25, 0.3) is 21.9 Å². The lowest BCUT2D eigenvalue weighted by molar-refractivity contribution is -0.384. The second kappa shape index (κ2) is 10.9. The van der Waals surface area contributed by atoms with Gasteiger partial charge in [-0.05, 0) is 63.4 Å². The van der Waals surface area contributed by atoms with Crippen LogP contribution in [0, 0.1) is 10.1 Å². The van der Waals surface area contributed by atoms with Crippen LogP contribution in [0.4, 0.5) is 5.69 Å². The van der Waals surface area contributed by atoms with Crippen LogP contribution in [0.1, 0.15) is 21.5 Å². The Morgan fingerprint density at radius 3 is 2.30 bits per heavy atom. The van der Waals surface area contributed by atoms with Crippen LogP contribution in [0.2, 0.25) is 0 Å². The number of non-ortho nitro benzene ring substituents is 1. The summed E-state index contributed by atoms with van der Waals surface area (Å²) in [5.74, 6) is -0.0591. The van der Waals surface area contributed by atoms with Gasteiger partial charge < -0.3 is 9.64 Å². The molecule has 0 N–H and O–H groups in total. The highest BCUT2D eigenvalue weighted by Crippen LogP contribution is 2.25. The van der Waals surface area contributed by atoms with E-state index in [9.17, 15) is 14.9 Å². The van der Waals surface area contributed by atoms with Gasteiger partial charge in [-0.15, -0.1) is 0 Å². The van der Waals surface area contributed by atoms with Crippen molar-refractivity contribution in [1.29, 1.82) is 0 Å². The minimum atomic E-state index is -0.415. The molecule has 1 aliphatic heterocycles. The zero-order valence-electron chi connectivity index (χ0n) is 20.8. The fraction of sp³-hybridized carbons (Fsp3) is 0.233. The van der Waals surface area contributed by atoms with E-state index in [1.807, 2.05) is 25.2 Å². The number of rotatable bonds is 7. The molecule has 37 heavy (non-hydrogen) atoms.